The van der Waals surface area contributed by atoms with Crippen molar-refractivity contribution in [2.45, 2.75) is 51.0 Å². The zero-order valence-electron chi connectivity index (χ0n) is 18.7. The Morgan fingerprint density at radius 3 is 2.41 bits per heavy atom. The lowest BCUT2D eigenvalue weighted by molar-refractivity contribution is -0.117. The van der Waals surface area contributed by atoms with Crippen LogP contribution in [0.1, 0.15) is 54.7 Å². The van der Waals surface area contributed by atoms with E-state index in [2.05, 4.69) is 41.4 Å². The van der Waals surface area contributed by atoms with Crippen molar-refractivity contribution < 1.29 is 13.6 Å². The molecule has 1 saturated carbocycles. The number of rotatable bonds is 6. The predicted molar refractivity (Wildman–Crippen MR) is 124 cm³/mol. The van der Waals surface area contributed by atoms with Crippen molar-refractivity contribution in [3.63, 3.8) is 0 Å². The standard InChI is InChI=1S/C27H32F2N2O/c1-19-2-6-22(7-3-19)23-10-12-31(13-11-23)18-21-4-8-26(16-21)30-27(32)9-5-20-14-24(28)17-25(29)15-20/h2-3,5-7,9,14-15,17,21,23,26H,4,8,10-13,16,18H2,1H3,(H,30,32)/b9-5+. The molecule has 2 fully saturated rings. The van der Waals surface area contributed by atoms with E-state index in [1.165, 1.54) is 48.3 Å². The molecule has 5 heteroatoms. The number of hydrogen-bond donors (Lipinski definition) is 1. The van der Waals surface area contributed by atoms with Gasteiger partial charge in [0.15, 0.2) is 0 Å². The molecule has 1 aliphatic heterocycles. The second-order valence-corrected chi connectivity index (χ2v) is 9.41. The van der Waals surface area contributed by atoms with E-state index in [1.807, 2.05) is 0 Å². The van der Waals surface area contributed by atoms with Crippen molar-refractivity contribution in [2.75, 3.05) is 19.6 Å². The van der Waals surface area contributed by atoms with Gasteiger partial charge in [-0.05, 0) is 93.3 Å². The first-order chi connectivity index (χ1) is 15.4. The van der Waals surface area contributed by atoms with Crippen LogP contribution >= 0.6 is 0 Å². The van der Waals surface area contributed by atoms with E-state index in [0.717, 1.165) is 45.0 Å². The van der Waals surface area contributed by atoms with Crippen molar-refractivity contribution >= 4 is 12.0 Å². The number of nitrogens with zero attached hydrogens (tertiary/aromatic N) is 1. The molecule has 2 aromatic rings. The van der Waals surface area contributed by atoms with Crippen molar-refractivity contribution in [1.29, 1.82) is 0 Å². The summed E-state index contributed by atoms with van der Waals surface area (Å²) in [6.45, 7) is 5.51. The van der Waals surface area contributed by atoms with Gasteiger partial charge in [-0.15, -0.1) is 0 Å². The Balaban J connectivity index is 1.19. The smallest absolute Gasteiger partial charge is 0.244 e. The molecule has 3 nitrogen and oxygen atoms in total. The molecule has 4 rings (SSSR count). The minimum Gasteiger partial charge on any atom is -0.350 e. The number of benzene rings is 2. The van der Waals surface area contributed by atoms with E-state index in [-0.39, 0.29) is 11.9 Å². The van der Waals surface area contributed by atoms with E-state index in [9.17, 15) is 13.6 Å². The maximum atomic E-state index is 13.3. The highest BCUT2D eigenvalue weighted by molar-refractivity contribution is 5.91. The number of carbonyl (C=O) groups is 1. The quantitative estimate of drug-likeness (QED) is 0.608. The molecule has 32 heavy (non-hydrogen) atoms. The normalized spacial score (nSPS) is 22.5. The molecule has 1 saturated heterocycles. The summed E-state index contributed by atoms with van der Waals surface area (Å²) in [5.41, 5.74) is 3.12. The highest BCUT2D eigenvalue weighted by Crippen LogP contribution is 2.31. The summed E-state index contributed by atoms with van der Waals surface area (Å²) in [6.07, 6.45) is 8.33. The molecule has 2 aromatic carbocycles. The van der Waals surface area contributed by atoms with Crippen LogP contribution in [-0.2, 0) is 4.79 Å². The van der Waals surface area contributed by atoms with Crippen LogP contribution in [0.2, 0.25) is 0 Å². The van der Waals surface area contributed by atoms with Crippen molar-refractivity contribution in [3.8, 4) is 0 Å². The third-order valence-corrected chi connectivity index (χ3v) is 6.85. The summed E-state index contributed by atoms with van der Waals surface area (Å²) >= 11 is 0. The van der Waals surface area contributed by atoms with E-state index < -0.39 is 11.6 Å². The Labute approximate surface area is 189 Å². The van der Waals surface area contributed by atoms with Gasteiger partial charge in [0.2, 0.25) is 5.91 Å². The fourth-order valence-corrected chi connectivity index (χ4v) is 5.12. The van der Waals surface area contributed by atoms with Crippen molar-refractivity contribution in [2.24, 2.45) is 5.92 Å². The molecule has 0 radical (unpaired) electrons. The highest BCUT2D eigenvalue weighted by atomic mass is 19.1. The Morgan fingerprint density at radius 2 is 1.72 bits per heavy atom. The van der Waals surface area contributed by atoms with Gasteiger partial charge in [-0.1, -0.05) is 29.8 Å². The molecule has 2 atom stereocenters. The van der Waals surface area contributed by atoms with Gasteiger partial charge in [0, 0.05) is 24.7 Å². The lowest BCUT2D eigenvalue weighted by Crippen LogP contribution is -2.37. The van der Waals surface area contributed by atoms with Crippen LogP contribution in [0.25, 0.3) is 6.08 Å². The molecule has 0 aromatic heterocycles. The number of nitrogens with one attached hydrogen (secondary N) is 1. The van der Waals surface area contributed by atoms with Crippen LogP contribution in [0.5, 0.6) is 0 Å². The van der Waals surface area contributed by atoms with Crippen LogP contribution in [-0.4, -0.2) is 36.5 Å². The number of hydrogen-bond acceptors (Lipinski definition) is 2. The van der Waals surface area contributed by atoms with Crippen LogP contribution in [0.4, 0.5) is 8.78 Å². The monoisotopic (exact) mass is 438 g/mol. The Morgan fingerprint density at radius 1 is 1.03 bits per heavy atom. The summed E-state index contributed by atoms with van der Waals surface area (Å²) in [6, 6.07) is 12.4. The number of halogens is 2. The number of aryl methyl sites for hydroxylation is 1. The molecule has 2 aliphatic rings. The molecule has 2 unspecified atom stereocenters. The molecule has 1 aliphatic carbocycles. The second kappa shape index (κ2) is 10.4. The lowest BCUT2D eigenvalue weighted by Gasteiger charge is -2.33. The third-order valence-electron chi connectivity index (χ3n) is 6.85. The number of piperidine rings is 1. The van der Waals surface area contributed by atoms with Gasteiger partial charge in [0.1, 0.15) is 11.6 Å². The average Bonchev–Trinajstić information content (AvgIpc) is 3.19. The zero-order valence-corrected chi connectivity index (χ0v) is 18.7. The predicted octanol–water partition coefficient (Wildman–Crippen LogP) is 5.45. The molecular weight excluding hydrogens is 406 g/mol. The maximum Gasteiger partial charge on any atom is 0.244 e. The van der Waals surface area contributed by atoms with E-state index in [0.29, 0.717) is 17.4 Å². The molecule has 1 heterocycles. The van der Waals surface area contributed by atoms with E-state index in [4.69, 9.17) is 0 Å². The van der Waals surface area contributed by atoms with Gasteiger partial charge in [0.25, 0.3) is 0 Å². The topological polar surface area (TPSA) is 32.3 Å². The highest BCUT2D eigenvalue weighted by Gasteiger charge is 2.28. The molecule has 170 valence electrons. The summed E-state index contributed by atoms with van der Waals surface area (Å²) in [5, 5.41) is 3.05. The SMILES string of the molecule is Cc1ccc(C2CCN(CC3CCC(NC(=O)/C=C/c4cc(F)cc(F)c4)C3)CC2)cc1. The Kier molecular flexibility index (Phi) is 7.36. The van der Waals surface area contributed by atoms with Gasteiger partial charge < -0.3 is 10.2 Å². The summed E-state index contributed by atoms with van der Waals surface area (Å²) in [4.78, 5) is 14.8. The summed E-state index contributed by atoms with van der Waals surface area (Å²) in [5.74, 6) is -0.226. The number of amides is 1. The van der Waals surface area contributed by atoms with E-state index >= 15 is 0 Å². The zero-order chi connectivity index (χ0) is 22.5. The Hall–Kier alpha value is -2.53. The van der Waals surface area contributed by atoms with E-state index in [1.54, 1.807) is 0 Å². The van der Waals surface area contributed by atoms with Crippen molar-refractivity contribution in [1.82, 2.24) is 10.2 Å². The molecule has 1 amide bonds. The minimum atomic E-state index is -0.647. The van der Waals surface area contributed by atoms with Crippen molar-refractivity contribution in [3.05, 3.63) is 76.9 Å². The molecule has 0 spiro atoms. The largest absolute Gasteiger partial charge is 0.350 e. The fourth-order valence-electron chi connectivity index (χ4n) is 5.12. The van der Waals surface area contributed by atoms with Crippen LogP contribution in [0.15, 0.2) is 48.5 Å². The van der Waals surface area contributed by atoms with Crippen LogP contribution in [0, 0.1) is 24.5 Å². The average molecular weight is 439 g/mol. The maximum absolute atomic E-state index is 13.3. The first-order valence-electron chi connectivity index (χ1n) is 11.7. The van der Waals surface area contributed by atoms with Crippen LogP contribution < -0.4 is 5.32 Å². The fraction of sp³-hybridized carbons (Fsp3) is 0.444. The van der Waals surface area contributed by atoms with Gasteiger partial charge in [-0.25, -0.2) is 8.78 Å². The third kappa shape index (κ3) is 6.26. The first kappa shape index (κ1) is 22.7. The lowest BCUT2D eigenvalue weighted by atomic mass is 9.88. The Bertz CT molecular complexity index is 928. The number of likely N-dealkylation sites (tertiary alicyclic amines) is 1. The van der Waals surface area contributed by atoms with Gasteiger partial charge in [0.05, 0.1) is 0 Å². The first-order valence-corrected chi connectivity index (χ1v) is 11.7. The van der Waals surface area contributed by atoms with Gasteiger partial charge >= 0.3 is 0 Å². The minimum absolute atomic E-state index is 0.173. The summed E-state index contributed by atoms with van der Waals surface area (Å²) in [7, 11) is 0. The van der Waals surface area contributed by atoms with Gasteiger partial charge in [-0.3, -0.25) is 4.79 Å². The molecular formula is C27H32F2N2O. The van der Waals surface area contributed by atoms with Gasteiger partial charge in [-0.2, -0.15) is 0 Å². The van der Waals surface area contributed by atoms with Crippen LogP contribution in [0.3, 0.4) is 0 Å². The second-order valence-electron chi connectivity index (χ2n) is 9.41. The summed E-state index contributed by atoms with van der Waals surface area (Å²) < 4.78 is 26.5. The molecule has 0 bridgehead atoms. The number of carbonyl (C=O) groups excluding carboxylic acids is 1. The molecule has 1 N–H and O–H groups in total.